The summed E-state index contributed by atoms with van der Waals surface area (Å²) in [5.74, 6) is 0. The fraction of sp³-hybridized carbons (Fsp3) is 0.333. The molecule has 1 rings (SSSR count). The summed E-state index contributed by atoms with van der Waals surface area (Å²) in [6, 6.07) is 6.26. The third kappa shape index (κ3) is 2.94. The van der Waals surface area contributed by atoms with Crippen LogP contribution in [0.1, 0.15) is 13.3 Å². The van der Waals surface area contributed by atoms with Crippen LogP contribution in [0.25, 0.3) is 0 Å². The predicted molar refractivity (Wildman–Crippen MR) is 65.6 cm³/mol. The average Bonchev–Trinajstić information content (AvgIpc) is 2.07. The first-order chi connectivity index (χ1) is 5.74. The first kappa shape index (κ1) is 10.3. The standard InChI is InChI=1S/C9H11BrIN/c1-2-5-12-9-6-7(10)3-4-8(9)11/h3-4,6,12H,2,5H2,1H3. The molecule has 0 unspecified atom stereocenters. The van der Waals surface area contributed by atoms with Gasteiger partial charge in [0.2, 0.25) is 0 Å². The summed E-state index contributed by atoms with van der Waals surface area (Å²) in [6.45, 7) is 3.20. The number of anilines is 1. The number of benzene rings is 1. The summed E-state index contributed by atoms with van der Waals surface area (Å²) >= 11 is 5.78. The van der Waals surface area contributed by atoms with E-state index in [0.717, 1.165) is 17.4 Å². The molecule has 0 saturated carbocycles. The van der Waals surface area contributed by atoms with Gasteiger partial charge in [-0.3, -0.25) is 0 Å². The van der Waals surface area contributed by atoms with Crippen LogP contribution in [0.2, 0.25) is 0 Å². The Balaban J connectivity index is 2.75. The van der Waals surface area contributed by atoms with Gasteiger partial charge in [-0.25, -0.2) is 0 Å². The summed E-state index contributed by atoms with van der Waals surface area (Å²) in [6.07, 6.45) is 1.16. The van der Waals surface area contributed by atoms with Crippen molar-refractivity contribution in [3.8, 4) is 0 Å². The van der Waals surface area contributed by atoms with Crippen molar-refractivity contribution in [2.75, 3.05) is 11.9 Å². The Morgan fingerprint density at radius 3 is 2.92 bits per heavy atom. The zero-order chi connectivity index (χ0) is 8.97. The van der Waals surface area contributed by atoms with Gasteiger partial charge in [0.05, 0.1) is 0 Å². The minimum absolute atomic E-state index is 1.03. The van der Waals surface area contributed by atoms with Crippen LogP contribution in [0.15, 0.2) is 22.7 Å². The first-order valence-electron chi connectivity index (χ1n) is 3.93. The van der Waals surface area contributed by atoms with E-state index in [1.165, 1.54) is 9.26 Å². The highest BCUT2D eigenvalue weighted by Crippen LogP contribution is 2.22. The van der Waals surface area contributed by atoms with E-state index in [1.807, 2.05) is 0 Å². The lowest BCUT2D eigenvalue weighted by Crippen LogP contribution is -2.00. The molecule has 0 aliphatic heterocycles. The molecule has 0 heterocycles. The quantitative estimate of drug-likeness (QED) is 0.824. The molecular weight excluding hydrogens is 329 g/mol. The third-order valence-corrected chi connectivity index (χ3v) is 2.93. The lowest BCUT2D eigenvalue weighted by Gasteiger charge is -2.07. The molecule has 0 spiro atoms. The molecule has 1 nitrogen and oxygen atoms in total. The van der Waals surface area contributed by atoms with E-state index in [2.05, 4.69) is 69.0 Å². The maximum Gasteiger partial charge on any atom is 0.0487 e. The van der Waals surface area contributed by atoms with Gasteiger partial charge in [0, 0.05) is 20.3 Å². The molecule has 12 heavy (non-hydrogen) atoms. The second kappa shape index (κ2) is 5.07. The van der Waals surface area contributed by atoms with E-state index in [1.54, 1.807) is 0 Å². The van der Waals surface area contributed by atoms with E-state index in [0.29, 0.717) is 0 Å². The number of nitrogens with one attached hydrogen (secondary N) is 1. The van der Waals surface area contributed by atoms with Crippen molar-refractivity contribution in [3.05, 3.63) is 26.2 Å². The number of hydrogen-bond acceptors (Lipinski definition) is 1. The minimum atomic E-state index is 1.03. The molecule has 3 heteroatoms. The van der Waals surface area contributed by atoms with Crippen molar-refractivity contribution in [1.29, 1.82) is 0 Å². The lowest BCUT2D eigenvalue weighted by atomic mass is 10.3. The third-order valence-electron chi connectivity index (χ3n) is 1.49. The Hall–Kier alpha value is 0.230. The van der Waals surface area contributed by atoms with Crippen LogP contribution in [0.4, 0.5) is 5.69 Å². The second-order valence-corrected chi connectivity index (χ2v) is 4.63. The van der Waals surface area contributed by atoms with Crippen molar-refractivity contribution in [2.45, 2.75) is 13.3 Å². The highest BCUT2D eigenvalue weighted by Gasteiger charge is 1.97. The normalized spacial score (nSPS) is 9.92. The molecule has 1 N–H and O–H groups in total. The van der Waals surface area contributed by atoms with Gasteiger partial charge >= 0.3 is 0 Å². The van der Waals surface area contributed by atoms with Crippen LogP contribution >= 0.6 is 38.5 Å². The zero-order valence-corrected chi connectivity index (χ0v) is 10.6. The topological polar surface area (TPSA) is 12.0 Å². The highest BCUT2D eigenvalue weighted by atomic mass is 127. The van der Waals surface area contributed by atoms with Crippen molar-refractivity contribution < 1.29 is 0 Å². The second-order valence-electron chi connectivity index (χ2n) is 2.55. The van der Waals surface area contributed by atoms with Crippen molar-refractivity contribution >= 4 is 44.2 Å². The van der Waals surface area contributed by atoms with E-state index in [-0.39, 0.29) is 0 Å². The fourth-order valence-corrected chi connectivity index (χ4v) is 1.78. The van der Waals surface area contributed by atoms with E-state index < -0.39 is 0 Å². The molecule has 0 amide bonds. The zero-order valence-electron chi connectivity index (χ0n) is 6.90. The molecule has 0 bridgehead atoms. The van der Waals surface area contributed by atoms with Crippen LogP contribution < -0.4 is 5.32 Å². The molecule has 0 atom stereocenters. The average molecular weight is 340 g/mol. The van der Waals surface area contributed by atoms with Crippen LogP contribution in [-0.2, 0) is 0 Å². The SMILES string of the molecule is CCCNc1cc(Br)ccc1I. The van der Waals surface area contributed by atoms with Gasteiger partial charge in [0.1, 0.15) is 0 Å². The maximum absolute atomic E-state index is 3.44. The van der Waals surface area contributed by atoms with Gasteiger partial charge < -0.3 is 5.32 Å². The number of halogens is 2. The Morgan fingerprint density at radius 2 is 2.25 bits per heavy atom. The summed E-state index contributed by atoms with van der Waals surface area (Å²) in [4.78, 5) is 0. The van der Waals surface area contributed by atoms with Gasteiger partial charge in [-0.15, -0.1) is 0 Å². The van der Waals surface area contributed by atoms with E-state index >= 15 is 0 Å². The predicted octanol–water partition coefficient (Wildman–Crippen LogP) is 3.88. The lowest BCUT2D eigenvalue weighted by molar-refractivity contribution is 0.978. The van der Waals surface area contributed by atoms with Crippen LogP contribution in [-0.4, -0.2) is 6.54 Å². The van der Waals surface area contributed by atoms with Crippen molar-refractivity contribution in [1.82, 2.24) is 0 Å². The summed E-state index contributed by atoms with van der Waals surface area (Å²) in [5, 5.41) is 3.37. The first-order valence-corrected chi connectivity index (χ1v) is 5.80. The largest absolute Gasteiger partial charge is 0.384 e. The van der Waals surface area contributed by atoms with Gasteiger partial charge in [-0.1, -0.05) is 22.9 Å². The Bertz CT molecular complexity index is 263. The Labute approximate surface area is 95.2 Å². The molecule has 0 radical (unpaired) electrons. The molecule has 66 valence electrons. The molecule has 0 aliphatic rings. The Morgan fingerprint density at radius 1 is 1.50 bits per heavy atom. The molecule has 0 aromatic heterocycles. The molecule has 0 fully saturated rings. The van der Waals surface area contributed by atoms with Crippen molar-refractivity contribution in [3.63, 3.8) is 0 Å². The molecular formula is C9H11BrIN. The van der Waals surface area contributed by atoms with Gasteiger partial charge in [0.25, 0.3) is 0 Å². The monoisotopic (exact) mass is 339 g/mol. The van der Waals surface area contributed by atoms with Crippen LogP contribution in [0.3, 0.4) is 0 Å². The van der Waals surface area contributed by atoms with E-state index in [4.69, 9.17) is 0 Å². The highest BCUT2D eigenvalue weighted by molar-refractivity contribution is 14.1. The smallest absolute Gasteiger partial charge is 0.0487 e. The Kier molecular flexibility index (Phi) is 4.35. The molecule has 1 aromatic carbocycles. The van der Waals surface area contributed by atoms with E-state index in [9.17, 15) is 0 Å². The fourth-order valence-electron chi connectivity index (χ4n) is 0.893. The van der Waals surface area contributed by atoms with Gasteiger partial charge in [-0.05, 0) is 47.2 Å². The minimum Gasteiger partial charge on any atom is -0.384 e. The maximum atomic E-state index is 3.44. The van der Waals surface area contributed by atoms with Gasteiger partial charge in [-0.2, -0.15) is 0 Å². The summed E-state index contributed by atoms with van der Waals surface area (Å²) in [7, 11) is 0. The number of rotatable bonds is 3. The molecule has 0 aliphatic carbocycles. The molecule has 1 aromatic rings. The molecule has 0 saturated heterocycles. The van der Waals surface area contributed by atoms with Crippen LogP contribution in [0.5, 0.6) is 0 Å². The summed E-state index contributed by atoms with van der Waals surface area (Å²) in [5.41, 5.74) is 1.21. The van der Waals surface area contributed by atoms with Gasteiger partial charge in [0.15, 0.2) is 0 Å². The van der Waals surface area contributed by atoms with Crippen LogP contribution in [0, 0.1) is 3.57 Å². The summed E-state index contributed by atoms with van der Waals surface area (Å²) < 4.78 is 2.39. The number of hydrogen-bond donors (Lipinski definition) is 1. The van der Waals surface area contributed by atoms with Crippen molar-refractivity contribution in [2.24, 2.45) is 0 Å².